The van der Waals surface area contributed by atoms with Crippen molar-refractivity contribution in [3.63, 3.8) is 0 Å². The first-order chi connectivity index (χ1) is 11.4. The van der Waals surface area contributed by atoms with Crippen LogP contribution in [0.3, 0.4) is 0 Å². The molecule has 2 rings (SSSR count). The SMILES string of the molecule is COc1ccc(C(O)C(NC(=O)c2ccc(C)cc2)C(=O)O)cc1. The van der Waals surface area contributed by atoms with Crippen molar-refractivity contribution < 1.29 is 24.5 Å². The first-order valence-corrected chi connectivity index (χ1v) is 7.34. The number of hydrogen-bond acceptors (Lipinski definition) is 4. The number of methoxy groups -OCH3 is 1. The summed E-state index contributed by atoms with van der Waals surface area (Å²) in [7, 11) is 1.51. The number of aliphatic hydroxyl groups is 1. The summed E-state index contributed by atoms with van der Waals surface area (Å²) in [6, 6.07) is 11.6. The van der Waals surface area contributed by atoms with Gasteiger partial charge in [-0.25, -0.2) is 4.79 Å². The maximum absolute atomic E-state index is 12.2. The molecule has 0 spiro atoms. The second-order valence-electron chi connectivity index (χ2n) is 5.37. The lowest BCUT2D eigenvalue weighted by atomic mass is 10.0. The number of hydrogen-bond donors (Lipinski definition) is 3. The van der Waals surface area contributed by atoms with E-state index in [1.165, 1.54) is 7.11 Å². The van der Waals surface area contributed by atoms with Crippen LogP contribution in [0.25, 0.3) is 0 Å². The minimum atomic E-state index is -1.47. The van der Waals surface area contributed by atoms with E-state index in [1.807, 2.05) is 6.92 Å². The first kappa shape index (κ1) is 17.5. The molecule has 2 aromatic rings. The Morgan fingerprint density at radius 1 is 1.04 bits per heavy atom. The van der Waals surface area contributed by atoms with E-state index in [1.54, 1.807) is 48.5 Å². The maximum Gasteiger partial charge on any atom is 0.329 e. The predicted octanol–water partition coefficient (Wildman–Crippen LogP) is 1.92. The van der Waals surface area contributed by atoms with Gasteiger partial charge in [0, 0.05) is 5.56 Å². The van der Waals surface area contributed by atoms with E-state index in [2.05, 4.69) is 5.32 Å². The molecule has 0 aliphatic rings. The molecule has 1 amide bonds. The number of amides is 1. The van der Waals surface area contributed by atoms with E-state index in [-0.39, 0.29) is 0 Å². The molecule has 6 heteroatoms. The number of aryl methyl sites for hydroxylation is 1. The van der Waals surface area contributed by atoms with Gasteiger partial charge in [-0.1, -0.05) is 29.8 Å². The molecule has 0 radical (unpaired) electrons. The lowest BCUT2D eigenvalue weighted by Gasteiger charge is -2.21. The van der Waals surface area contributed by atoms with E-state index in [0.29, 0.717) is 16.9 Å². The van der Waals surface area contributed by atoms with Crippen LogP contribution in [0.5, 0.6) is 5.75 Å². The van der Waals surface area contributed by atoms with Crippen molar-refractivity contribution in [2.75, 3.05) is 7.11 Å². The Hall–Kier alpha value is -2.86. The number of aliphatic hydroxyl groups excluding tert-OH is 1. The monoisotopic (exact) mass is 329 g/mol. The molecule has 0 fully saturated rings. The topological polar surface area (TPSA) is 95.9 Å². The zero-order valence-corrected chi connectivity index (χ0v) is 13.4. The van der Waals surface area contributed by atoms with Crippen LogP contribution in [-0.2, 0) is 4.79 Å². The van der Waals surface area contributed by atoms with Crippen molar-refractivity contribution in [3.05, 3.63) is 65.2 Å². The summed E-state index contributed by atoms with van der Waals surface area (Å²) in [6.07, 6.45) is -1.39. The normalized spacial score (nSPS) is 13.0. The molecular weight excluding hydrogens is 310 g/mol. The van der Waals surface area contributed by atoms with Gasteiger partial charge in [-0.05, 0) is 36.8 Å². The molecule has 24 heavy (non-hydrogen) atoms. The molecule has 3 N–H and O–H groups in total. The Balaban J connectivity index is 2.17. The summed E-state index contributed by atoms with van der Waals surface area (Å²) in [5, 5.41) is 22.0. The summed E-state index contributed by atoms with van der Waals surface area (Å²) < 4.78 is 5.02. The zero-order chi connectivity index (χ0) is 17.7. The molecule has 126 valence electrons. The van der Waals surface area contributed by atoms with Crippen LogP contribution in [0, 0.1) is 6.92 Å². The highest BCUT2D eigenvalue weighted by Crippen LogP contribution is 2.21. The minimum absolute atomic E-state index is 0.328. The van der Waals surface area contributed by atoms with Crippen molar-refractivity contribution in [2.45, 2.75) is 19.1 Å². The Morgan fingerprint density at radius 2 is 1.62 bits per heavy atom. The van der Waals surface area contributed by atoms with Gasteiger partial charge < -0.3 is 20.3 Å². The van der Waals surface area contributed by atoms with Crippen LogP contribution in [0.4, 0.5) is 0 Å². The number of carbonyl (C=O) groups is 2. The highest BCUT2D eigenvalue weighted by atomic mass is 16.5. The number of rotatable bonds is 6. The number of carbonyl (C=O) groups excluding carboxylic acids is 1. The van der Waals surface area contributed by atoms with Gasteiger partial charge in [0.1, 0.15) is 11.9 Å². The number of carboxylic acid groups (broad SMARTS) is 1. The summed E-state index contributed by atoms with van der Waals surface area (Å²) in [5.74, 6) is -1.30. The molecule has 0 saturated carbocycles. The van der Waals surface area contributed by atoms with Gasteiger partial charge in [-0.3, -0.25) is 4.79 Å². The van der Waals surface area contributed by atoms with Crippen molar-refractivity contribution in [1.82, 2.24) is 5.32 Å². The predicted molar refractivity (Wildman–Crippen MR) is 88.0 cm³/mol. The Kier molecular flexibility index (Phi) is 5.55. The third kappa shape index (κ3) is 4.11. The van der Waals surface area contributed by atoms with Crippen LogP contribution in [0.2, 0.25) is 0 Å². The van der Waals surface area contributed by atoms with Gasteiger partial charge in [0.15, 0.2) is 6.04 Å². The molecule has 0 aliphatic heterocycles. The first-order valence-electron chi connectivity index (χ1n) is 7.34. The number of aliphatic carboxylic acids is 1. The molecule has 0 aliphatic carbocycles. The van der Waals surface area contributed by atoms with E-state index >= 15 is 0 Å². The Labute approximate surface area is 139 Å². The molecule has 0 bridgehead atoms. The third-order valence-corrected chi connectivity index (χ3v) is 3.64. The fourth-order valence-electron chi connectivity index (χ4n) is 2.20. The Morgan fingerprint density at radius 3 is 2.12 bits per heavy atom. The highest BCUT2D eigenvalue weighted by molar-refractivity contribution is 5.96. The van der Waals surface area contributed by atoms with Gasteiger partial charge in [-0.15, -0.1) is 0 Å². The molecule has 0 saturated heterocycles. The van der Waals surface area contributed by atoms with Gasteiger partial charge >= 0.3 is 5.97 Å². The minimum Gasteiger partial charge on any atom is -0.497 e. The molecule has 0 heterocycles. The van der Waals surface area contributed by atoms with Crippen molar-refractivity contribution in [2.24, 2.45) is 0 Å². The average molecular weight is 329 g/mol. The summed E-state index contributed by atoms with van der Waals surface area (Å²) in [5.41, 5.74) is 1.68. The van der Waals surface area contributed by atoms with Crippen molar-refractivity contribution in [1.29, 1.82) is 0 Å². The fraction of sp³-hybridized carbons (Fsp3) is 0.222. The quantitative estimate of drug-likeness (QED) is 0.752. The second-order valence-corrected chi connectivity index (χ2v) is 5.37. The maximum atomic E-state index is 12.2. The number of benzene rings is 2. The van der Waals surface area contributed by atoms with E-state index in [4.69, 9.17) is 4.74 Å². The van der Waals surface area contributed by atoms with E-state index in [0.717, 1.165) is 5.56 Å². The Bertz CT molecular complexity index is 709. The highest BCUT2D eigenvalue weighted by Gasteiger charge is 2.29. The van der Waals surface area contributed by atoms with Crippen LogP contribution >= 0.6 is 0 Å². The molecule has 2 aromatic carbocycles. The number of carboxylic acids is 1. The van der Waals surface area contributed by atoms with Crippen molar-refractivity contribution >= 4 is 11.9 Å². The summed E-state index contributed by atoms with van der Waals surface area (Å²) in [6.45, 7) is 1.88. The second kappa shape index (κ2) is 7.61. The van der Waals surface area contributed by atoms with E-state index < -0.39 is 24.0 Å². The van der Waals surface area contributed by atoms with Crippen LogP contribution in [0.15, 0.2) is 48.5 Å². The van der Waals surface area contributed by atoms with Gasteiger partial charge in [-0.2, -0.15) is 0 Å². The molecule has 0 aromatic heterocycles. The standard InChI is InChI=1S/C18H19NO5/c1-11-3-5-13(6-4-11)17(21)19-15(18(22)23)16(20)12-7-9-14(24-2)10-8-12/h3-10,15-16,20H,1-2H3,(H,19,21)(H,22,23). The third-order valence-electron chi connectivity index (χ3n) is 3.64. The summed E-state index contributed by atoms with van der Waals surface area (Å²) >= 11 is 0. The number of ether oxygens (including phenoxy) is 1. The van der Waals surface area contributed by atoms with Crippen LogP contribution in [0.1, 0.15) is 27.6 Å². The largest absolute Gasteiger partial charge is 0.497 e. The molecule has 2 unspecified atom stereocenters. The van der Waals surface area contributed by atoms with Gasteiger partial charge in [0.2, 0.25) is 0 Å². The molecular formula is C18H19NO5. The lowest BCUT2D eigenvalue weighted by Crippen LogP contribution is -2.45. The zero-order valence-electron chi connectivity index (χ0n) is 13.4. The average Bonchev–Trinajstić information content (AvgIpc) is 2.59. The van der Waals surface area contributed by atoms with Crippen LogP contribution < -0.4 is 10.1 Å². The smallest absolute Gasteiger partial charge is 0.329 e. The molecule has 6 nitrogen and oxygen atoms in total. The fourth-order valence-corrected chi connectivity index (χ4v) is 2.20. The van der Waals surface area contributed by atoms with Gasteiger partial charge in [0.25, 0.3) is 5.91 Å². The molecule has 2 atom stereocenters. The lowest BCUT2D eigenvalue weighted by molar-refractivity contribution is -0.142. The van der Waals surface area contributed by atoms with E-state index in [9.17, 15) is 19.8 Å². The van der Waals surface area contributed by atoms with Crippen LogP contribution in [-0.4, -0.2) is 35.2 Å². The number of nitrogens with one attached hydrogen (secondary N) is 1. The van der Waals surface area contributed by atoms with Crippen molar-refractivity contribution in [3.8, 4) is 5.75 Å². The summed E-state index contributed by atoms with van der Waals surface area (Å²) in [4.78, 5) is 23.7. The van der Waals surface area contributed by atoms with Gasteiger partial charge in [0.05, 0.1) is 7.11 Å².